The lowest BCUT2D eigenvalue weighted by molar-refractivity contribution is -0.128. The zero-order chi connectivity index (χ0) is 18.5. The minimum atomic E-state index is -0.258. The Morgan fingerprint density at radius 1 is 1.19 bits per heavy atom. The van der Waals surface area contributed by atoms with Crippen LogP contribution in [0.15, 0.2) is 33.7 Å². The first-order chi connectivity index (χ1) is 12.5. The molecule has 0 spiro atoms. The maximum absolute atomic E-state index is 12.9. The molecule has 0 radical (unpaired) electrons. The van der Waals surface area contributed by atoms with Gasteiger partial charge in [0.2, 0.25) is 5.91 Å². The van der Waals surface area contributed by atoms with E-state index in [1.54, 1.807) is 12.1 Å². The number of rotatable bonds is 5. The molecule has 2 aromatic rings. The van der Waals surface area contributed by atoms with Crippen LogP contribution < -0.4 is 0 Å². The van der Waals surface area contributed by atoms with Crippen molar-refractivity contribution in [2.45, 2.75) is 31.7 Å². The molecule has 140 valence electrons. The normalized spacial score (nSPS) is 15.9. The Labute approximate surface area is 157 Å². The van der Waals surface area contributed by atoms with E-state index < -0.39 is 0 Å². The van der Waals surface area contributed by atoms with Crippen molar-refractivity contribution in [3.05, 3.63) is 47.1 Å². The Morgan fingerprint density at radius 3 is 2.65 bits per heavy atom. The fourth-order valence-corrected chi connectivity index (χ4v) is 3.90. The molecule has 1 fully saturated rings. The molecule has 0 aliphatic carbocycles. The largest absolute Gasteiger partial charge is 0.361 e. The fourth-order valence-electron chi connectivity index (χ4n) is 3.10. The molecule has 1 amide bonds. The second kappa shape index (κ2) is 8.68. The fraction of sp³-hybridized carbons (Fsp3) is 0.474. The van der Waals surface area contributed by atoms with Gasteiger partial charge in [0, 0.05) is 43.2 Å². The highest BCUT2D eigenvalue weighted by atomic mass is 32.2. The molecule has 1 aliphatic heterocycles. The summed E-state index contributed by atoms with van der Waals surface area (Å²) >= 11 is 1.45. The van der Waals surface area contributed by atoms with Crippen LogP contribution in [-0.4, -0.2) is 52.8 Å². The Bertz CT molecular complexity index is 728. The summed E-state index contributed by atoms with van der Waals surface area (Å²) in [6.45, 7) is 8.03. The van der Waals surface area contributed by atoms with E-state index in [2.05, 4.69) is 10.1 Å². The maximum Gasteiger partial charge on any atom is 0.232 e. The van der Waals surface area contributed by atoms with Crippen LogP contribution in [0.5, 0.6) is 0 Å². The Balaban J connectivity index is 1.49. The highest BCUT2D eigenvalue weighted by molar-refractivity contribution is 8.00. The van der Waals surface area contributed by atoms with Gasteiger partial charge in [0.05, 0.1) is 11.4 Å². The van der Waals surface area contributed by atoms with Gasteiger partial charge in [-0.1, -0.05) is 5.16 Å². The first kappa shape index (κ1) is 18.9. The average molecular weight is 377 g/mol. The lowest BCUT2D eigenvalue weighted by Crippen LogP contribution is -2.36. The van der Waals surface area contributed by atoms with Gasteiger partial charge < -0.3 is 9.42 Å². The van der Waals surface area contributed by atoms with Crippen molar-refractivity contribution in [3.63, 3.8) is 0 Å². The summed E-state index contributed by atoms with van der Waals surface area (Å²) in [5.74, 6) is 1.13. The number of nitrogens with zero attached hydrogens (tertiary/aromatic N) is 3. The van der Waals surface area contributed by atoms with E-state index in [1.807, 2.05) is 18.7 Å². The van der Waals surface area contributed by atoms with Gasteiger partial charge in [-0.3, -0.25) is 9.69 Å². The van der Waals surface area contributed by atoms with Crippen LogP contribution in [0.1, 0.15) is 23.4 Å². The molecule has 0 saturated carbocycles. The number of amides is 1. The third-order valence-electron chi connectivity index (χ3n) is 4.68. The Morgan fingerprint density at radius 2 is 1.96 bits per heavy atom. The number of aryl methyl sites for hydroxylation is 2. The summed E-state index contributed by atoms with van der Waals surface area (Å²) in [6, 6.07) is 6.26. The predicted octanol–water partition coefficient (Wildman–Crippen LogP) is 3.26. The van der Waals surface area contributed by atoms with E-state index in [4.69, 9.17) is 4.52 Å². The summed E-state index contributed by atoms with van der Waals surface area (Å²) in [5.41, 5.74) is 2.09. The molecule has 0 atom stereocenters. The SMILES string of the molecule is Cc1noc(C)c1CN1CCCN(C(=O)CSc2ccc(F)cc2)CC1. The van der Waals surface area contributed by atoms with E-state index >= 15 is 0 Å². The molecular formula is C19H24FN3O2S. The number of hydrogen-bond donors (Lipinski definition) is 0. The molecular weight excluding hydrogens is 353 g/mol. The molecule has 2 heterocycles. The number of benzene rings is 1. The van der Waals surface area contributed by atoms with Gasteiger partial charge in [-0.25, -0.2) is 4.39 Å². The molecule has 3 rings (SSSR count). The van der Waals surface area contributed by atoms with Crippen molar-refractivity contribution < 1.29 is 13.7 Å². The molecule has 1 saturated heterocycles. The monoisotopic (exact) mass is 377 g/mol. The average Bonchev–Trinajstić information content (AvgIpc) is 2.83. The zero-order valence-electron chi connectivity index (χ0n) is 15.2. The minimum absolute atomic E-state index is 0.138. The predicted molar refractivity (Wildman–Crippen MR) is 99.6 cm³/mol. The van der Waals surface area contributed by atoms with E-state index in [1.165, 1.54) is 23.9 Å². The summed E-state index contributed by atoms with van der Waals surface area (Å²) in [5, 5.41) is 4.01. The molecule has 5 nitrogen and oxygen atoms in total. The zero-order valence-corrected chi connectivity index (χ0v) is 16.0. The first-order valence-corrected chi connectivity index (χ1v) is 9.82. The van der Waals surface area contributed by atoms with Gasteiger partial charge in [-0.15, -0.1) is 11.8 Å². The number of carbonyl (C=O) groups excluding carboxylic acids is 1. The second-order valence-electron chi connectivity index (χ2n) is 6.56. The van der Waals surface area contributed by atoms with E-state index in [9.17, 15) is 9.18 Å². The maximum atomic E-state index is 12.9. The van der Waals surface area contributed by atoms with Gasteiger partial charge >= 0.3 is 0 Å². The standard InChI is InChI=1S/C19H24FN3O2S/c1-14-18(15(2)25-21-14)12-22-8-3-9-23(11-10-22)19(24)13-26-17-6-4-16(20)5-7-17/h4-7H,3,8-13H2,1-2H3. The number of hydrogen-bond acceptors (Lipinski definition) is 5. The Kier molecular flexibility index (Phi) is 6.32. The Hall–Kier alpha value is -1.86. The number of aromatic nitrogens is 1. The number of carbonyl (C=O) groups is 1. The quantitative estimate of drug-likeness (QED) is 0.749. The summed E-state index contributed by atoms with van der Waals surface area (Å²) in [4.78, 5) is 17.7. The number of halogens is 1. The van der Waals surface area contributed by atoms with Crippen molar-refractivity contribution in [3.8, 4) is 0 Å². The van der Waals surface area contributed by atoms with Crippen molar-refractivity contribution in [1.29, 1.82) is 0 Å². The molecule has 1 aromatic carbocycles. The van der Waals surface area contributed by atoms with Gasteiger partial charge in [-0.2, -0.15) is 0 Å². The van der Waals surface area contributed by atoms with Crippen LogP contribution in [0.3, 0.4) is 0 Å². The van der Waals surface area contributed by atoms with Crippen molar-refractivity contribution >= 4 is 17.7 Å². The lowest BCUT2D eigenvalue weighted by atomic mass is 10.2. The third kappa shape index (κ3) is 4.86. The van der Waals surface area contributed by atoms with Gasteiger partial charge in [0.1, 0.15) is 11.6 Å². The van der Waals surface area contributed by atoms with Gasteiger partial charge in [0.15, 0.2) is 0 Å². The van der Waals surface area contributed by atoms with Crippen molar-refractivity contribution in [2.24, 2.45) is 0 Å². The molecule has 26 heavy (non-hydrogen) atoms. The molecule has 7 heteroatoms. The molecule has 1 aromatic heterocycles. The summed E-state index contributed by atoms with van der Waals surface area (Å²) < 4.78 is 18.2. The van der Waals surface area contributed by atoms with Crippen LogP contribution in [-0.2, 0) is 11.3 Å². The van der Waals surface area contributed by atoms with E-state index in [-0.39, 0.29) is 11.7 Å². The first-order valence-electron chi connectivity index (χ1n) is 8.83. The van der Waals surface area contributed by atoms with E-state index in [0.29, 0.717) is 5.75 Å². The van der Waals surface area contributed by atoms with Crippen molar-refractivity contribution in [2.75, 3.05) is 31.9 Å². The highest BCUT2D eigenvalue weighted by Crippen LogP contribution is 2.20. The van der Waals surface area contributed by atoms with Crippen LogP contribution in [0.2, 0.25) is 0 Å². The van der Waals surface area contributed by atoms with Crippen LogP contribution in [0.4, 0.5) is 4.39 Å². The molecule has 0 bridgehead atoms. The molecule has 1 aliphatic rings. The third-order valence-corrected chi connectivity index (χ3v) is 5.68. The van der Waals surface area contributed by atoms with Crippen LogP contribution in [0, 0.1) is 19.7 Å². The summed E-state index contributed by atoms with van der Waals surface area (Å²) in [6.07, 6.45) is 0.955. The summed E-state index contributed by atoms with van der Waals surface area (Å²) in [7, 11) is 0. The minimum Gasteiger partial charge on any atom is -0.361 e. The van der Waals surface area contributed by atoms with Crippen LogP contribution in [0.25, 0.3) is 0 Å². The molecule has 0 N–H and O–H groups in total. The smallest absolute Gasteiger partial charge is 0.232 e. The van der Waals surface area contributed by atoms with Crippen LogP contribution >= 0.6 is 11.8 Å². The molecule has 0 unspecified atom stereocenters. The topological polar surface area (TPSA) is 49.6 Å². The lowest BCUT2D eigenvalue weighted by Gasteiger charge is -2.22. The highest BCUT2D eigenvalue weighted by Gasteiger charge is 2.21. The van der Waals surface area contributed by atoms with Crippen molar-refractivity contribution in [1.82, 2.24) is 15.0 Å². The van der Waals surface area contributed by atoms with E-state index in [0.717, 1.165) is 61.1 Å². The van der Waals surface area contributed by atoms with Gasteiger partial charge in [-0.05, 0) is 44.5 Å². The van der Waals surface area contributed by atoms with Gasteiger partial charge in [0.25, 0.3) is 0 Å². The number of thioether (sulfide) groups is 1. The second-order valence-corrected chi connectivity index (χ2v) is 7.60.